The summed E-state index contributed by atoms with van der Waals surface area (Å²) in [5.74, 6) is -5.49. The van der Waals surface area contributed by atoms with Crippen molar-refractivity contribution in [3.8, 4) is 51.6 Å². The summed E-state index contributed by atoms with van der Waals surface area (Å²) in [5, 5.41) is 145. The fraction of sp³-hybridized carbons (Fsp3) is 0.429. The van der Waals surface area contributed by atoms with Gasteiger partial charge < -0.3 is 109 Å². The molecule has 0 aliphatic carbocycles. The summed E-state index contributed by atoms with van der Waals surface area (Å²) in [6.45, 7) is -0.193. The van der Waals surface area contributed by atoms with Crippen LogP contribution < -0.4 is 14.9 Å². The molecule has 24 heteroatoms. The van der Waals surface area contributed by atoms with Gasteiger partial charge >= 0.3 is 5.97 Å². The van der Waals surface area contributed by atoms with E-state index in [-0.39, 0.29) is 17.1 Å². The van der Waals surface area contributed by atoms with Crippen molar-refractivity contribution in [2.24, 2.45) is 0 Å². The maximum Gasteiger partial charge on any atom is 0.330 e. The molecule has 1 aromatic heterocycles. The van der Waals surface area contributed by atoms with Crippen molar-refractivity contribution in [2.75, 3.05) is 13.2 Å². The molecule has 0 saturated carbocycles. The molecular formula is C42H46O24. The van der Waals surface area contributed by atoms with Crippen LogP contribution in [0.25, 0.3) is 28.4 Å². The predicted octanol–water partition coefficient (Wildman–Crippen LogP) is -2.54. The lowest BCUT2D eigenvalue weighted by molar-refractivity contribution is -0.350. The van der Waals surface area contributed by atoms with E-state index >= 15 is 0 Å². The second kappa shape index (κ2) is 19.6. The molecule has 3 aliphatic rings. The number of benzene rings is 3. The fourth-order valence-electron chi connectivity index (χ4n) is 7.30. The number of carbonyl (C=O) groups is 1. The average molecular weight is 935 g/mol. The SMILES string of the molecule is C[C@@H]1O[C@@H](Oc2cc(O)c3c(=O)c(O[C@@H]4O[C@H](CO)[C@@H](O)[C@H](O)[C@H]4O)c(-c4ccc(O)c(O)c4)oc3c2)[C@H](O)[C@H](O[C@@H]2O[C@H](COC(=O)C=Cc3ccc(O)c(O)c3)[C@@H](O)[C@H](O)[C@H]2O)[C@H]1O. The topological polar surface area (TPSA) is 395 Å². The lowest BCUT2D eigenvalue weighted by Gasteiger charge is -2.45. The molecule has 0 radical (unpaired) electrons. The molecule has 3 fully saturated rings. The van der Waals surface area contributed by atoms with Crippen molar-refractivity contribution < 1.29 is 114 Å². The number of hydrogen-bond acceptors (Lipinski definition) is 24. The summed E-state index contributed by atoms with van der Waals surface area (Å²) >= 11 is 0. The van der Waals surface area contributed by atoms with Crippen LogP contribution in [0.2, 0.25) is 0 Å². The molecule has 0 unspecified atom stereocenters. The lowest BCUT2D eigenvalue weighted by atomic mass is 9.97. The Morgan fingerprint density at radius 1 is 0.652 bits per heavy atom. The molecule has 3 saturated heterocycles. The Morgan fingerprint density at radius 3 is 1.94 bits per heavy atom. The van der Waals surface area contributed by atoms with Gasteiger partial charge in [-0.3, -0.25) is 4.79 Å². The van der Waals surface area contributed by atoms with Gasteiger partial charge in [0.1, 0.15) is 96.2 Å². The van der Waals surface area contributed by atoms with E-state index in [0.29, 0.717) is 5.56 Å². The minimum Gasteiger partial charge on any atom is -0.507 e. The fourth-order valence-corrected chi connectivity index (χ4v) is 7.30. The minimum absolute atomic E-state index is 0.127. The van der Waals surface area contributed by atoms with Crippen LogP contribution in [0.1, 0.15) is 12.5 Å². The van der Waals surface area contributed by atoms with E-state index in [1.165, 1.54) is 37.3 Å². The van der Waals surface area contributed by atoms with Gasteiger partial charge in [-0.25, -0.2) is 4.79 Å². The van der Waals surface area contributed by atoms with Crippen LogP contribution in [0.15, 0.2) is 63.8 Å². The molecule has 358 valence electrons. The zero-order valence-corrected chi connectivity index (χ0v) is 34.2. The molecule has 0 spiro atoms. The van der Waals surface area contributed by atoms with Crippen molar-refractivity contribution in [1.82, 2.24) is 0 Å². The van der Waals surface area contributed by atoms with Gasteiger partial charge in [0, 0.05) is 23.8 Å². The van der Waals surface area contributed by atoms with Crippen LogP contribution in [-0.2, 0) is 28.5 Å². The maximum atomic E-state index is 14.1. The molecule has 4 heterocycles. The van der Waals surface area contributed by atoms with E-state index in [4.69, 9.17) is 37.6 Å². The van der Waals surface area contributed by atoms with Gasteiger partial charge in [0.05, 0.1) is 12.7 Å². The summed E-state index contributed by atoms with van der Waals surface area (Å²) in [6, 6.07) is 8.88. The standard InChI is InChI=1S/C42H46O24/c1-14-28(50)38(65-41-35(57)33(55)30(52)25(64-41)13-59-26(49)7-3-15-2-5-18(44)20(46)8-15)36(58)42(60-14)61-17-10-22(48)27-23(11-17)62-37(16-4-6-19(45)21(47)9-16)39(31(27)53)66-40-34(56)32(54)29(51)24(12-43)63-40/h2-11,14,24-25,28-30,32-36,38,40-48,50-52,54-58H,12-13H2,1H3/t14-,24+,25+,28-,29+,30+,32-,33-,34+,35+,36+,38+,40-,41-,42-/m0/s1. The first-order valence-corrected chi connectivity index (χ1v) is 20.0. The molecule has 0 amide bonds. The van der Waals surface area contributed by atoms with Crippen molar-refractivity contribution in [1.29, 1.82) is 0 Å². The molecule has 4 aromatic rings. The molecule has 24 nitrogen and oxygen atoms in total. The van der Waals surface area contributed by atoms with E-state index in [0.717, 1.165) is 30.3 Å². The van der Waals surface area contributed by atoms with Gasteiger partial charge in [0.15, 0.2) is 35.0 Å². The molecular weight excluding hydrogens is 888 g/mol. The third-order valence-electron chi connectivity index (χ3n) is 11.0. The Labute approximate surface area is 370 Å². The maximum absolute atomic E-state index is 14.1. The Hall–Kier alpha value is -5.84. The Kier molecular flexibility index (Phi) is 14.3. The molecule has 0 bridgehead atoms. The normalized spacial score (nSPS) is 32.6. The summed E-state index contributed by atoms with van der Waals surface area (Å²) in [4.78, 5) is 26.5. The largest absolute Gasteiger partial charge is 0.507 e. The van der Waals surface area contributed by atoms with Crippen LogP contribution in [0.4, 0.5) is 0 Å². The lowest BCUT2D eigenvalue weighted by Crippen LogP contribution is -2.64. The number of aromatic hydroxyl groups is 5. The van der Waals surface area contributed by atoms with Crippen molar-refractivity contribution in [3.63, 3.8) is 0 Å². The second-order valence-corrected chi connectivity index (χ2v) is 15.6. The highest BCUT2D eigenvalue weighted by Gasteiger charge is 2.51. The number of rotatable bonds is 12. The summed E-state index contributed by atoms with van der Waals surface area (Å²) in [5.41, 5.74) is -1.37. The highest BCUT2D eigenvalue weighted by molar-refractivity contribution is 5.89. The monoisotopic (exact) mass is 934 g/mol. The number of aliphatic hydroxyl groups excluding tert-OH is 9. The van der Waals surface area contributed by atoms with Crippen LogP contribution in [-0.4, -0.2) is 183 Å². The number of carbonyl (C=O) groups excluding carboxylic acids is 1. The molecule has 66 heavy (non-hydrogen) atoms. The number of aliphatic hydroxyl groups is 9. The third-order valence-corrected chi connectivity index (χ3v) is 11.0. The summed E-state index contributed by atoms with van der Waals surface area (Å²) in [7, 11) is 0. The van der Waals surface area contributed by atoms with Crippen LogP contribution in [0, 0.1) is 0 Å². The number of phenolic OH excluding ortho intramolecular Hbond substituents is 5. The first-order valence-electron chi connectivity index (χ1n) is 20.0. The zero-order chi connectivity index (χ0) is 47.9. The van der Waals surface area contributed by atoms with Crippen molar-refractivity contribution in [2.45, 2.75) is 99.0 Å². The average Bonchev–Trinajstić information content (AvgIpc) is 3.28. The van der Waals surface area contributed by atoms with Crippen LogP contribution >= 0.6 is 0 Å². The van der Waals surface area contributed by atoms with Gasteiger partial charge in [0.25, 0.3) is 0 Å². The Balaban J connectivity index is 1.11. The Bertz CT molecular complexity index is 2470. The van der Waals surface area contributed by atoms with Gasteiger partial charge in [-0.15, -0.1) is 0 Å². The smallest absolute Gasteiger partial charge is 0.330 e. The number of hydrogen-bond donors (Lipinski definition) is 14. The highest BCUT2D eigenvalue weighted by Crippen LogP contribution is 2.41. The predicted molar refractivity (Wildman–Crippen MR) is 216 cm³/mol. The molecule has 14 N–H and O–H groups in total. The summed E-state index contributed by atoms with van der Waals surface area (Å²) < 4.78 is 45.1. The van der Waals surface area contributed by atoms with Gasteiger partial charge in [-0.05, 0) is 48.9 Å². The highest BCUT2D eigenvalue weighted by atomic mass is 16.7. The summed E-state index contributed by atoms with van der Waals surface area (Å²) in [6.07, 6.45) is -24.5. The molecule has 15 atom stereocenters. The van der Waals surface area contributed by atoms with E-state index in [1.807, 2.05) is 0 Å². The van der Waals surface area contributed by atoms with Crippen LogP contribution in [0.5, 0.6) is 40.2 Å². The Morgan fingerprint density at radius 2 is 1.27 bits per heavy atom. The first-order chi connectivity index (χ1) is 31.3. The van der Waals surface area contributed by atoms with Crippen molar-refractivity contribution in [3.05, 3.63) is 70.4 Å². The van der Waals surface area contributed by atoms with E-state index in [2.05, 4.69) is 0 Å². The zero-order valence-electron chi connectivity index (χ0n) is 34.2. The van der Waals surface area contributed by atoms with E-state index in [9.17, 15) is 81.1 Å². The number of ether oxygens (including phenoxy) is 7. The second-order valence-electron chi connectivity index (χ2n) is 15.6. The quantitative estimate of drug-likeness (QED) is 0.0395. The van der Waals surface area contributed by atoms with Gasteiger partial charge in [-0.1, -0.05) is 6.07 Å². The molecule has 3 aromatic carbocycles. The van der Waals surface area contributed by atoms with Gasteiger partial charge in [-0.2, -0.15) is 0 Å². The van der Waals surface area contributed by atoms with Crippen molar-refractivity contribution >= 4 is 23.0 Å². The van der Waals surface area contributed by atoms with Gasteiger partial charge in [0.2, 0.25) is 23.8 Å². The van der Waals surface area contributed by atoms with E-state index < -0.39 is 162 Å². The number of esters is 1. The minimum atomic E-state index is -2.00. The molecule has 7 rings (SSSR count). The van der Waals surface area contributed by atoms with Crippen LogP contribution in [0.3, 0.4) is 0 Å². The van der Waals surface area contributed by atoms with E-state index in [1.54, 1.807) is 0 Å². The molecule has 3 aliphatic heterocycles. The number of phenols is 5. The third kappa shape index (κ3) is 9.67. The first kappa shape index (κ1) is 48.1. The number of fused-ring (bicyclic) bond motifs is 1.